The molecule has 0 fully saturated rings. The van der Waals surface area contributed by atoms with E-state index in [-0.39, 0.29) is 18.0 Å². The molecule has 0 bridgehead atoms. The minimum absolute atomic E-state index is 0.127. The van der Waals surface area contributed by atoms with Crippen molar-refractivity contribution >= 4 is 5.91 Å². The normalized spacial score (nSPS) is 14.9. The predicted molar refractivity (Wildman–Crippen MR) is 125 cm³/mol. The monoisotopic (exact) mass is 441 g/mol. The summed E-state index contributed by atoms with van der Waals surface area (Å²) in [6.45, 7) is 9.96. The van der Waals surface area contributed by atoms with Gasteiger partial charge >= 0.3 is 0 Å². The molecule has 1 N–H and O–H groups in total. The van der Waals surface area contributed by atoms with Gasteiger partial charge in [0.1, 0.15) is 17.1 Å². The topological polar surface area (TPSA) is 76.7 Å². The molecule has 0 aliphatic carbocycles. The van der Waals surface area contributed by atoms with Crippen molar-refractivity contribution in [3.05, 3.63) is 63.5 Å². The van der Waals surface area contributed by atoms with Crippen LogP contribution in [0.25, 0.3) is 0 Å². The molecule has 0 radical (unpaired) electrons. The highest BCUT2D eigenvalue weighted by Crippen LogP contribution is 2.23. The maximum absolute atomic E-state index is 13.1. The Labute approximate surface area is 190 Å². The summed E-state index contributed by atoms with van der Waals surface area (Å²) in [5, 5.41) is 2.89. The second kappa shape index (κ2) is 11.2. The quantitative estimate of drug-likeness (QED) is 0.602. The molecule has 7 nitrogen and oxygen atoms in total. The van der Waals surface area contributed by atoms with Crippen molar-refractivity contribution in [3.63, 3.8) is 0 Å². The molecular weight excluding hydrogens is 406 g/mol. The van der Waals surface area contributed by atoms with Crippen LogP contribution in [0.1, 0.15) is 55.4 Å². The molecule has 1 aliphatic rings. The van der Waals surface area contributed by atoms with Gasteiger partial charge < -0.3 is 23.9 Å². The molecule has 32 heavy (non-hydrogen) atoms. The van der Waals surface area contributed by atoms with Crippen LogP contribution in [-0.4, -0.2) is 42.1 Å². The van der Waals surface area contributed by atoms with E-state index >= 15 is 0 Å². The van der Waals surface area contributed by atoms with E-state index in [2.05, 4.69) is 37.1 Å². The average Bonchev–Trinajstić information content (AvgIpc) is 3.19. The van der Waals surface area contributed by atoms with Crippen LogP contribution in [0.15, 0.2) is 45.3 Å². The fourth-order valence-electron chi connectivity index (χ4n) is 4.24. The van der Waals surface area contributed by atoms with Crippen LogP contribution in [0.4, 0.5) is 0 Å². The molecule has 0 saturated carbocycles. The Morgan fingerprint density at radius 2 is 2.12 bits per heavy atom. The molecule has 174 valence electrons. The fourth-order valence-corrected chi connectivity index (χ4v) is 4.24. The number of allylic oxidation sites excluding steroid dienone is 2. The lowest BCUT2D eigenvalue weighted by atomic mass is 10.0. The summed E-state index contributed by atoms with van der Waals surface area (Å²) >= 11 is 0. The van der Waals surface area contributed by atoms with Crippen molar-refractivity contribution in [3.8, 4) is 5.75 Å². The number of furan rings is 1. The van der Waals surface area contributed by atoms with Gasteiger partial charge in [-0.25, -0.2) is 0 Å². The van der Waals surface area contributed by atoms with Gasteiger partial charge in [0.2, 0.25) is 0 Å². The molecule has 0 spiro atoms. The lowest BCUT2D eigenvalue weighted by molar-refractivity contribution is 0.0942. The molecule has 2 aromatic heterocycles. The molecule has 1 atom stereocenters. The van der Waals surface area contributed by atoms with Crippen LogP contribution < -0.4 is 15.6 Å². The Morgan fingerprint density at radius 3 is 2.81 bits per heavy atom. The van der Waals surface area contributed by atoms with E-state index in [1.165, 1.54) is 18.7 Å². The van der Waals surface area contributed by atoms with E-state index in [0.717, 1.165) is 38.2 Å². The lowest BCUT2D eigenvalue weighted by Gasteiger charge is -2.23. The molecule has 0 aromatic carbocycles. The summed E-state index contributed by atoms with van der Waals surface area (Å²) in [7, 11) is 1.49. The minimum Gasteiger partial charge on any atom is -0.496 e. The number of nitrogens with zero attached hydrogens (tertiary/aromatic N) is 2. The Morgan fingerprint density at radius 1 is 1.31 bits per heavy atom. The van der Waals surface area contributed by atoms with Crippen molar-refractivity contribution in [1.29, 1.82) is 0 Å². The zero-order valence-electron chi connectivity index (χ0n) is 19.6. The number of nitrogens with one attached hydrogen (secondary N) is 1. The highest BCUT2D eigenvalue weighted by Gasteiger charge is 2.25. The summed E-state index contributed by atoms with van der Waals surface area (Å²) in [4.78, 5) is 28.2. The van der Waals surface area contributed by atoms with E-state index in [9.17, 15) is 9.59 Å². The predicted octanol–water partition coefficient (Wildman–Crippen LogP) is 3.62. The van der Waals surface area contributed by atoms with Gasteiger partial charge in [-0.3, -0.25) is 9.59 Å². The van der Waals surface area contributed by atoms with Crippen molar-refractivity contribution in [1.82, 2.24) is 14.8 Å². The first-order chi connectivity index (χ1) is 15.4. The van der Waals surface area contributed by atoms with E-state index in [1.807, 2.05) is 6.07 Å². The number of pyridine rings is 1. The SMILES string of the molecule is COc1cc(=O)n2c(c1C(=O)NCc1ccco1)CCN(C[C@H](C)CCC=C(C)C)CC2. The Hall–Kier alpha value is -2.80. The second-order valence-corrected chi connectivity index (χ2v) is 8.80. The van der Waals surface area contributed by atoms with Crippen molar-refractivity contribution in [2.45, 2.75) is 53.1 Å². The Balaban J connectivity index is 1.74. The minimum atomic E-state index is -0.259. The van der Waals surface area contributed by atoms with Gasteiger partial charge in [-0.15, -0.1) is 0 Å². The third-order valence-corrected chi connectivity index (χ3v) is 5.92. The molecular formula is C25H35N3O4. The summed E-state index contributed by atoms with van der Waals surface area (Å²) < 4.78 is 12.5. The van der Waals surface area contributed by atoms with Crippen LogP contribution in [0.2, 0.25) is 0 Å². The molecule has 2 aromatic rings. The van der Waals surface area contributed by atoms with E-state index in [0.29, 0.717) is 36.0 Å². The number of carbonyl (C=O) groups is 1. The number of aromatic nitrogens is 1. The number of hydrogen-bond acceptors (Lipinski definition) is 5. The van der Waals surface area contributed by atoms with Crippen LogP contribution in [0, 0.1) is 5.92 Å². The molecule has 1 amide bonds. The highest BCUT2D eigenvalue weighted by molar-refractivity contribution is 5.98. The van der Waals surface area contributed by atoms with Gasteiger partial charge in [0.15, 0.2) is 0 Å². The first-order valence-electron chi connectivity index (χ1n) is 11.4. The maximum atomic E-state index is 13.1. The summed E-state index contributed by atoms with van der Waals surface area (Å²) in [6, 6.07) is 5.01. The average molecular weight is 442 g/mol. The van der Waals surface area contributed by atoms with E-state index in [4.69, 9.17) is 9.15 Å². The second-order valence-electron chi connectivity index (χ2n) is 8.80. The zero-order valence-corrected chi connectivity index (χ0v) is 19.6. The standard InChI is InChI=1S/C25H35N3O4/c1-18(2)7-5-8-19(3)17-27-11-10-21-24(25(30)26-16-20-9-6-14-32-20)22(31-4)15-23(29)28(21)13-12-27/h6-7,9,14-15,19H,5,8,10-13,16-17H2,1-4H3,(H,26,30)/t19-/m1/s1. The third kappa shape index (κ3) is 6.13. The number of rotatable bonds is 9. The molecule has 0 saturated heterocycles. The first kappa shape index (κ1) is 23.9. The van der Waals surface area contributed by atoms with Gasteiger partial charge in [0.05, 0.1) is 19.9 Å². The summed E-state index contributed by atoms with van der Waals surface area (Å²) in [6.07, 6.45) is 6.72. The van der Waals surface area contributed by atoms with E-state index in [1.54, 1.807) is 16.9 Å². The van der Waals surface area contributed by atoms with Crippen molar-refractivity contribution < 1.29 is 13.9 Å². The van der Waals surface area contributed by atoms with Crippen molar-refractivity contribution in [2.24, 2.45) is 5.92 Å². The van der Waals surface area contributed by atoms with Gasteiger partial charge in [0, 0.05) is 44.4 Å². The Bertz CT molecular complexity index is 987. The van der Waals surface area contributed by atoms with Crippen LogP contribution in [0.5, 0.6) is 5.75 Å². The third-order valence-electron chi connectivity index (χ3n) is 5.92. The van der Waals surface area contributed by atoms with Gasteiger partial charge in [-0.05, 0) is 44.7 Å². The number of hydrogen-bond donors (Lipinski definition) is 1. The van der Waals surface area contributed by atoms with Crippen LogP contribution in [-0.2, 0) is 19.5 Å². The maximum Gasteiger partial charge on any atom is 0.257 e. The van der Waals surface area contributed by atoms with Crippen LogP contribution in [0.3, 0.4) is 0 Å². The molecule has 3 heterocycles. The van der Waals surface area contributed by atoms with Crippen molar-refractivity contribution in [2.75, 3.05) is 26.7 Å². The molecule has 7 heteroatoms. The zero-order chi connectivity index (χ0) is 23.1. The van der Waals surface area contributed by atoms with Gasteiger partial charge in [0.25, 0.3) is 11.5 Å². The Kier molecular flexibility index (Phi) is 8.33. The number of methoxy groups -OCH3 is 1. The summed E-state index contributed by atoms with van der Waals surface area (Å²) in [5.74, 6) is 1.30. The lowest BCUT2D eigenvalue weighted by Crippen LogP contribution is -2.32. The highest BCUT2D eigenvalue weighted by atomic mass is 16.5. The first-order valence-corrected chi connectivity index (χ1v) is 11.4. The molecule has 1 aliphatic heterocycles. The van der Waals surface area contributed by atoms with E-state index < -0.39 is 0 Å². The number of carbonyl (C=O) groups excluding carboxylic acids is 1. The largest absolute Gasteiger partial charge is 0.496 e. The number of fused-ring (bicyclic) bond motifs is 1. The summed E-state index contributed by atoms with van der Waals surface area (Å²) in [5.41, 5.74) is 2.41. The molecule has 0 unspecified atom stereocenters. The van der Waals surface area contributed by atoms with Gasteiger partial charge in [-0.1, -0.05) is 18.6 Å². The fraction of sp³-hybridized carbons (Fsp3) is 0.520. The van der Waals surface area contributed by atoms with Gasteiger partial charge in [-0.2, -0.15) is 0 Å². The number of ether oxygens (including phenoxy) is 1. The smallest absolute Gasteiger partial charge is 0.257 e. The molecule has 3 rings (SSSR count). The number of amides is 1. The van der Waals surface area contributed by atoms with Crippen LogP contribution >= 0.6 is 0 Å².